The predicted octanol–water partition coefficient (Wildman–Crippen LogP) is 0.0695. The standard InChI is InChI=1S/C12H22N2O3S/c15-12(8-10-2-1-5-13-9-10)14-11-3-6-18(16,17)7-4-11/h10-11,13H,1-9H2,(H,14,15). The Morgan fingerprint density at radius 2 is 1.94 bits per heavy atom. The van der Waals surface area contributed by atoms with Crippen LogP contribution >= 0.6 is 0 Å². The summed E-state index contributed by atoms with van der Waals surface area (Å²) in [5, 5.41) is 6.27. The molecule has 2 heterocycles. The summed E-state index contributed by atoms with van der Waals surface area (Å²) in [6.07, 6.45) is 3.95. The van der Waals surface area contributed by atoms with Crippen molar-refractivity contribution >= 4 is 15.7 Å². The molecule has 0 aromatic heterocycles. The second-order valence-electron chi connectivity index (χ2n) is 5.41. The lowest BCUT2D eigenvalue weighted by molar-refractivity contribution is -0.122. The topological polar surface area (TPSA) is 75.3 Å². The monoisotopic (exact) mass is 274 g/mol. The molecule has 2 rings (SSSR count). The number of rotatable bonds is 3. The van der Waals surface area contributed by atoms with Gasteiger partial charge >= 0.3 is 0 Å². The van der Waals surface area contributed by atoms with Gasteiger partial charge in [0.2, 0.25) is 5.91 Å². The summed E-state index contributed by atoms with van der Waals surface area (Å²) in [7, 11) is -2.84. The maximum Gasteiger partial charge on any atom is 0.220 e. The van der Waals surface area contributed by atoms with E-state index in [1.807, 2.05) is 0 Å². The molecule has 0 spiro atoms. The minimum atomic E-state index is -2.84. The summed E-state index contributed by atoms with van der Waals surface area (Å²) in [5.74, 6) is 0.936. The first-order valence-electron chi connectivity index (χ1n) is 6.76. The molecule has 6 heteroatoms. The van der Waals surface area contributed by atoms with E-state index < -0.39 is 9.84 Å². The molecular formula is C12H22N2O3S. The van der Waals surface area contributed by atoms with Crippen molar-refractivity contribution in [3.63, 3.8) is 0 Å². The molecular weight excluding hydrogens is 252 g/mol. The Bertz CT molecular complexity index is 374. The highest BCUT2D eigenvalue weighted by Crippen LogP contribution is 2.16. The maximum absolute atomic E-state index is 11.9. The highest BCUT2D eigenvalue weighted by Gasteiger charge is 2.25. The second kappa shape index (κ2) is 6.02. The van der Waals surface area contributed by atoms with Crippen LogP contribution in [0.5, 0.6) is 0 Å². The van der Waals surface area contributed by atoms with Gasteiger partial charge in [-0.2, -0.15) is 0 Å². The molecule has 1 amide bonds. The molecule has 2 aliphatic heterocycles. The van der Waals surface area contributed by atoms with Gasteiger partial charge in [-0.15, -0.1) is 0 Å². The quantitative estimate of drug-likeness (QED) is 0.763. The normalized spacial score (nSPS) is 28.8. The van der Waals surface area contributed by atoms with Crippen molar-refractivity contribution in [3.8, 4) is 0 Å². The Morgan fingerprint density at radius 1 is 1.22 bits per heavy atom. The van der Waals surface area contributed by atoms with Crippen LogP contribution in [0.2, 0.25) is 0 Å². The Hall–Kier alpha value is -0.620. The molecule has 0 bridgehead atoms. The minimum absolute atomic E-state index is 0.0533. The predicted molar refractivity (Wildman–Crippen MR) is 70.0 cm³/mol. The van der Waals surface area contributed by atoms with E-state index in [0.29, 0.717) is 25.2 Å². The van der Waals surface area contributed by atoms with Crippen LogP contribution in [-0.4, -0.2) is 45.0 Å². The smallest absolute Gasteiger partial charge is 0.220 e. The van der Waals surface area contributed by atoms with Crippen molar-refractivity contribution in [2.24, 2.45) is 5.92 Å². The van der Waals surface area contributed by atoms with E-state index in [-0.39, 0.29) is 23.5 Å². The molecule has 0 radical (unpaired) electrons. The Kier molecular flexibility index (Phi) is 4.61. The third-order valence-corrected chi connectivity index (χ3v) is 5.51. The molecule has 1 atom stereocenters. The van der Waals surface area contributed by atoms with Crippen molar-refractivity contribution in [2.75, 3.05) is 24.6 Å². The third-order valence-electron chi connectivity index (χ3n) is 3.79. The largest absolute Gasteiger partial charge is 0.353 e. The van der Waals surface area contributed by atoms with Gasteiger partial charge in [-0.3, -0.25) is 4.79 Å². The molecule has 1 unspecified atom stereocenters. The van der Waals surface area contributed by atoms with Crippen LogP contribution in [0.3, 0.4) is 0 Å². The number of carbonyl (C=O) groups excluding carboxylic acids is 1. The zero-order valence-corrected chi connectivity index (χ0v) is 11.5. The van der Waals surface area contributed by atoms with Crippen LogP contribution in [0.4, 0.5) is 0 Å². The summed E-state index contributed by atoms with van der Waals surface area (Å²) in [6, 6.07) is 0.0533. The zero-order valence-electron chi connectivity index (χ0n) is 10.7. The Morgan fingerprint density at radius 3 is 2.56 bits per heavy atom. The van der Waals surface area contributed by atoms with Gasteiger partial charge in [0.25, 0.3) is 0 Å². The highest BCUT2D eigenvalue weighted by atomic mass is 32.2. The van der Waals surface area contributed by atoms with Gasteiger partial charge < -0.3 is 10.6 Å². The van der Waals surface area contributed by atoms with Gasteiger partial charge in [0, 0.05) is 12.5 Å². The molecule has 2 aliphatic rings. The van der Waals surface area contributed by atoms with Crippen LogP contribution in [0.25, 0.3) is 0 Å². The number of hydrogen-bond donors (Lipinski definition) is 2. The molecule has 2 N–H and O–H groups in total. The summed E-state index contributed by atoms with van der Waals surface area (Å²) < 4.78 is 22.6. The van der Waals surface area contributed by atoms with Gasteiger partial charge in [0.05, 0.1) is 11.5 Å². The average Bonchev–Trinajstić information content (AvgIpc) is 2.33. The minimum Gasteiger partial charge on any atom is -0.353 e. The van der Waals surface area contributed by atoms with Crippen LogP contribution < -0.4 is 10.6 Å². The first-order valence-corrected chi connectivity index (χ1v) is 8.58. The third kappa shape index (κ3) is 4.24. The number of amides is 1. The second-order valence-corrected chi connectivity index (χ2v) is 7.71. The lowest BCUT2D eigenvalue weighted by Crippen LogP contribution is -2.42. The van der Waals surface area contributed by atoms with Gasteiger partial charge in [-0.1, -0.05) is 0 Å². The number of hydrogen-bond acceptors (Lipinski definition) is 4. The molecule has 0 aromatic carbocycles. The van der Waals surface area contributed by atoms with Crippen LogP contribution in [0, 0.1) is 5.92 Å². The number of piperidine rings is 1. The molecule has 2 saturated heterocycles. The van der Waals surface area contributed by atoms with E-state index in [4.69, 9.17) is 0 Å². The Balaban J connectivity index is 1.71. The maximum atomic E-state index is 11.9. The fourth-order valence-corrected chi connectivity index (χ4v) is 4.17. The lowest BCUT2D eigenvalue weighted by Gasteiger charge is -2.26. The molecule has 0 aliphatic carbocycles. The van der Waals surface area contributed by atoms with Crippen LogP contribution in [-0.2, 0) is 14.6 Å². The van der Waals surface area contributed by atoms with E-state index >= 15 is 0 Å². The fraction of sp³-hybridized carbons (Fsp3) is 0.917. The first-order chi connectivity index (χ1) is 8.55. The van der Waals surface area contributed by atoms with Crippen molar-refractivity contribution in [1.82, 2.24) is 10.6 Å². The van der Waals surface area contributed by atoms with Gasteiger partial charge in [-0.05, 0) is 44.7 Å². The number of carbonyl (C=O) groups is 1. The van der Waals surface area contributed by atoms with Crippen molar-refractivity contribution < 1.29 is 13.2 Å². The van der Waals surface area contributed by atoms with Gasteiger partial charge in [0.15, 0.2) is 0 Å². The molecule has 5 nitrogen and oxygen atoms in total. The average molecular weight is 274 g/mol. The van der Waals surface area contributed by atoms with E-state index in [2.05, 4.69) is 10.6 Å². The first kappa shape index (κ1) is 13.8. The summed E-state index contributed by atoms with van der Waals surface area (Å²) in [6.45, 7) is 1.98. The number of sulfone groups is 1. The molecule has 104 valence electrons. The van der Waals surface area contributed by atoms with Gasteiger partial charge in [-0.25, -0.2) is 8.42 Å². The van der Waals surface area contributed by atoms with Gasteiger partial charge in [0.1, 0.15) is 9.84 Å². The van der Waals surface area contributed by atoms with E-state index in [0.717, 1.165) is 25.9 Å². The van der Waals surface area contributed by atoms with Crippen LogP contribution in [0.15, 0.2) is 0 Å². The number of nitrogens with one attached hydrogen (secondary N) is 2. The van der Waals surface area contributed by atoms with E-state index in [1.165, 1.54) is 0 Å². The van der Waals surface area contributed by atoms with E-state index in [1.54, 1.807) is 0 Å². The highest BCUT2D eigenvalue weighted by molar-refractivity contribution is 7.91. The summed E-state index contributed by atoms with van der Waals surface area (Å²) in [4.78, 5) is 11.9. The van der Waals surface area contributed by atoms with E-state index in [9.17, 15) is 13.2 Å². The van der Waals surface area contributed by atoms with Crippen molar-refractivity contribution in [1.29, 1.82) is 0 Å². The van der Waals surface area contributed by atoms with Crippen LogP contribution in [0.1, 0.15) is 32.1 Å². The van der Waals surface area contributed by atoms with Crippen molar-refractivity contribution in [3.05, 3.63) is 0 Å². The summed E-state index contributed by atoms with van der Waals surface area (Å²) in [5.41, 5.74) is 0. The lowest BCUT2D eigenvalue weighted by atomic mass is 9.95. The fourth-order valence-electron chi connectivity index (χ4n) is 2.68. The zero-order chi connectivity index (χ0) is 13.0. The van der Waals surface area contributed by atoms with Crippen molar-refractivity contribution in [2.45, 2.75) is 38.1 Å². The molecule has 18 heavy (non-hydrogen) atoms. The molecule has 2 fully saturated rings. The SMILES string of the molecule is O=C(CC1CCCNC1)NC1CCS(=O)(=O)CC1. The Labute approximate surface area is 109 Å². The molecule has 0 aromatic rings. The molecule has 0 saturated carbocycles. The summed E-state index contributed by atoms with van der Waals surface area (Å²) >= 11 is 0.